The molecule has 13 heavy (non-hydrogen) atoms. The van der Waals surface area contributed by atoms with E-state index in [0.717, 1.165) is 18.8 Å². The molecule has 1 atom stereocenters. The van der Waals surface area contributed by atoms with E-state index >= 15 is 0 Å². The average Bonchev–Trinajstić information content (AvgIpc) is 1.94. The van der Waals surface area contributed by atoms with Gasteiger partial charge in [0.1, 0.15) is 0 Å². The SMILES string of the molecule is CC1CC(CN)(C(O)C2CCC2)C1. The third-order valence-corrected chi connectivity index (χ3v) is 4.14. The van der Waals surface area contributed by atoms with Crippen LogP contribution >= 0.6 is 0 Å². The standard InChI is InChI=1S/C11H21NO/c1-8-5-11(6-8,7-12)10(13)9-3-2-4-9/h8-10,13H,2-7,12H2,1H3. The van der Waals surface area contributed by atoms with Crippen molar-refractivity contribution < 1.29 is 5.11 Å². The minimum absolute atomic E-state index is 0.102. The number of hydrogen-bond donors (Lipinski definition) is 2. The molecule has 76 valence electrons. The van der Waals surface area contributed by atoms with Gasteiger partial charge in [-0.25, -0.2) is 0 Å². The molecule has 0 aromatic heterocycles. The highest BCUT2D eigenvalue weighted by Gasteiger charge is 2.49. The fourth-order valence-corrected chi connectivity index (χ4v) is 3.11. The number of rotatable bonds is 3. The maximum absolute atomic E-state index is 10.2. The van der Waals surface area contributed by atoms with Crippen LogP contribution in [0.15, 0.2) is 0 Å². The van der Waals surface area contributed by atoms with Crippen LogP contribution in [-0.2, 0) is 0 Å². The van der Waals surface area contributed by atoms with Crippen molar-refractivity contribution in [3.8, 4) is 0 Å². The summed E-state index contributed by atoms with van der Waals surface area (Å²) in [4.78, 5) is 0. The van der Waals surface area contributed by atoms with Crippen LogP contribution in [0.5, 0.6) is 0 Å². The molecule has 0 aliphatic heterocycles. The molecular weight excluding hydrogens is 162 g/mol. The van der Waals surface area contributed by atoms with Gasteiger partial charge in [-0.2, -0.15) is 0 Å². The molecular formula is C11H21NO. The van der Waals surface area contributed by atoms with E-state index in [9.17, 15) is 5.11 Å². The van der Waals surface area contributed by atoms with E-state index in [0.29, 0.717) is 12.5 Å². The lowest BCUT2D eigenvalue weighted by Crippen LogP contribution is -2.54. The molecule has 0 radical (unpaired) electrons. The molecule has 0 aromatic carbocycles. The van der Waals surface area contributed by atoms with E-state index in [1.165, 1.54) is 19.3 Å². The largest absolute Gasteiger partial charge is 0.392 e. The topological polar surface area (TPSA) is 46.2 Å². The van der Waals surface area contributed by atoms with Gasteiger partial charge in [0.15, 0.2) is 0 Å². The molecule has 2 heteroatoms. The van der Waals surface area contributed by atoms with Crippen molar-refractivity contribution >= 4 is 0 Å². The molecule has 2 aliphatic rings. The first-order valence-corrected chi connectivity index (χ1v) is 5.56. The van der Waals surface area contributed by atoms with Gasteiger partial charge in [-0.3, -0.25) is 0 Å². The zero-order chi connectivity index (χ0) is 9.47. The lowest BCUT2D eigenvalue weighted by molar-refractivity contribution is -0.103. The summed E-state index contributed by atoms with van der Waals surface area (Å²) in [6.07, 6.45) is 5.91. The van der Waals surface area contributed by atoms with E-state index in [-0.39, 0.29) is 11.5 Å². The number of hydrogen-bond acceptors (Lipinski definition) is 2. The number of nitrogens with two attached hydrogens (primary N) is 1. The van der Waals surface area contributed by atoms with Crippen LogP contribution in [0.2, 0.25) is 0 Å². The Kier molecular flexibility index (Phi) is 2.37. The summed E-state index contributed by atoms with van der Waals surface area (Å²) in [5.74, 6) is 1.34. The lowest BCUT2D eigenvalue weighted by atomic mass is 9.55. The van der Waals surface area contributed by atoms with Crippen LogP contribution in [0.1, 0.15) is 39.0 Å². The summed E-state index contributed by atoms with van der Waals surface area (Å²) in [5, 5.41) is 10.2. The molecule has 2 saturated carbocycles. The summed E-state index contributed by atoms with van der Waals surface area (Å²) in [6, 6.07) is 0. The van der Waals surface area contributed by atoms with E-state index in [1.54, 1.807) is 0 Å². The average molecular weight is 183 g/mol. The van der Waals surface area contributed by atoms with Gasteiger partial charge in [0, 0.05) is 12.0 Å². The van der Waals surface area contributed by atoms with E-state index < -0.39 is 0 Å². The maximum Gasteiger partial charge on any atom is 0.0636 e. The molecule has 0 bridgehead atoms. The molecule has 0 heterocycles. The van der Waals surface area contributed by atoms with E-state index in [1.807, 2.05) is 0 Å². The van der Waals surface area contributed by atoms with Crippen LogP contribution < -0.4 is 5.73 Å². The smallest absolute Gasteiger partial charge is 0.0636 e. The molecule has 2 nitrogen and oxygen atoms in total. The number of aliphatic hydroxyl groups is 1. The molecule has 2 aliphatic carbocycles. The van der Waals surface area contributed by atoms with Crippen LogP contribution in [-0.4, -0.2) is 17.8 Å². The van der Waals surface area contributed by atoms with Crippen molar-refractivity contribution in [3.05, 3.63) is 0 Å². The molecule has 0 saturated heterocycles. The fourth-order valence-electron chi connectivity index (χ4n) is 3.11. The monoisotopic (exact) mass is 183 g/mol. The molecule has 3 N–H and O–H groups in total. The van der Waals surface area contributed by atoms with Gasteiger partial charge >= 0.3 is 0 Å². The zero-order valence-electron chi connectivity index (χ0n) is 8.50. The highest BCUT2D eigenvalue weighted by molar-refractivity contribution is 5.01. The first-order valence-electron chi connectivity index (χ1n) is 5.56. The fraction of sp³-hybridized carbons (Fsp3) is 1.00. The highest BCUT2D eigenvalue weighted by Crippen LogP contribution is 2.51. The van der Waals surface area contributed by atoms with Crippen molar-refractivity contribution in [2.24, 2.45) is 23.0 Å². The molecule has 0 aromatic rings. The van der Waals surface area contributed by atoms with E-state index in [2.05, 4.69) is 6.92 Å². The Hall–Kier alpha value is -0.0800. The molecule has 0 amide bonds. The predicted molar refractivity (Wildman–Crippen MR) is 53.2 cm³/mol. The first kappa shape index (κ1) is 9.47. The first-order chi connectivity index (χ1) is 6.18. The minimum atomic E-state index is -0.109. The van der Waals surface area contributed by atoms with Crippen LogP contribution in [0, 0.1) is 17.3 Å². The Bertz CT molecular complexity index is 183. The molecule has 0 spiro atoms. The summed E-state index contributed by atoms with van der Waals surface area (Å²) < 4.78 is 0. The van der Waals surface area contributed by atoms with Gasteiger partial charge in [0.25, 0.3) is 0 Å². The van der Waals surface area contributed by atoms with Gasteiger partial charge in [0.2, 0.25) is 0 Å². The Morgan fingerprint density at radius 3 is 2.38 bits per heavy atom. The number of aliphatic hydroxyl groups excluding tert-OH is 1. The van der Waals surface area contributed by atoms with Gasteiger partial charge < -0.3 is 10.8 Å². The molecule has 1 unspecified atom stereocenters. The summed E-state index contributed by atoms with van der Waals surface area (Å²) in [7, 11) is 0. The van der Waals surface area contributed by atoms with Gasteiger partial charge in [0.05, 0.1) is 6.10 Å². The lowest BCUT2D eigenvalue weighted by Gasteiger charge is -2.52. The van der Waals surface area contributed by atoms with Gasteiger partial charge in [-0.15, -0.1) is 0 Å². The molecule has 2 rings (SSSR count). The minimum Gasteiger partial charge on any atom is -0.392 e. The summed E-state index contributed by atoms with van der Waals surface area (Å²) in [6.45, 7) is 2.93. The van der Waals surface area contributed by atoms with Crippen molar-refractivity contribution in [1.29, 1.82) is 0 Å². The van der Waals surface area contributed by atoms with Crippen LogP contribution in [0.25, 0.3) is 0 Å². The quantitative estimate of drug-likeness (QED) is 0.697. The Morgan fingerprint density at radius 2 is 2.08 bits per heavy atom. The van der Waals surface area contributed by atoms with Gasteiger partial charge in [-0.1, -0.05) is 13.3 Å². The Labute approximate surface area is 80.5 Å². The third kappa shape index (κ3) is 1.40. The maximum atomic E-state index is 10.2. The second-order valence-electron chi connectivity index (χ2n) is 5.22. The Morgan fingerprint density at radius 1 is 1.46 bits per heavy atom. The Balaban J connectivity index is 1.95. The van der Waals surface area contributed by atoms with Crippen molar-refractivity contribution in [2.45, 2.75) is 45.1 Å². The van der Waals surface area contributed by atoms with Gasteiger partial charge in [-0.05, 0) is 37.5 Å². The van der Waals surface area contributed by atoms with Crippen molar-refractivity contribution in [3.63, 3.8) is 0 Å². The zero-order valence-corrected chi connectivity index (χ0v) is 8.50. The van der Waals surface area contributed by atoms with Crippen LogP contribution in [0.4, 0.5) is 0 Å². The third-order valence-electron chi connectivity index (χ3n) is 4.14. The summed E-state index contributed by atoms with van der Waals surface area (Å²) in [5.41, 5.74) is 5.89. The second kappa shape index (κ2) is 3.25. The van der Waals surface area contributed by atoms with Crippen molar-refractivity contribution in [1.82, 2.24) is 0 Å². The van der Waals surface area contributed by atoms with Crippen LogP contribution in [0.3, 0.4) is 0 Å². The normalized spacial score (nSPS) is 42.2. The highest BCUT2D eigenvalue weighted by atomic mass is 16.3. The predicted octanol–water partition coefficient (Wildman–Crippen LogP) is 1.52. The van der Waals surface area contributed by atoms with Crippen molar-refractivity contribution in [2.75, 3.05) is 6.54 Å². The molecule has 2 fully saturated rings. The summed E-state index contributed by atoms with van der Waals surface area (Å²) >= 11 is 0. The second-order valence-corrected chi connectivity index (χ2v) is 5.22. The van der Waals surface area contributed by atoms with E-state index in [4.69, 9.17) is 5.73 Å².